The predicted molar refractivity (Wildman–Crippen MR) is 167 cm³/mol. The van der Waals surface area contributed by atoms with Crippen molar-refractivity contribution in [2.24, 2.45) is 5.92 Å². The van der Waals surface area contributed by atoms with Crippen LogP contribution in [0, 0.1) is 5.92 Å². The average molecular weight is 608 g/mol. The van der Waals surface area contributed by atoms with Crippen molar-refractivity contribution < 1.29 is 29.0 Å². The van der Waals surface area contributed by atoms with E-state index in [2.05, 4.69) is 16.1 Å². The lowest BCUT2D eigenvalue weighted by molar-refractivity contribution is -0.160. The molecule has 1 fully saturated rings. The first-order chi connectivity index (χ1) is 20.9. The van der Waals surface area contributed by atoms with Gasteiger partial charge in [0.1, 0.15) is 11.6 Å². The van der Waals surface area contributed by atoms with Crippen LogP contribution in [-0.4, -0.2) is 69.1 Å². The molecule has 4 rings (SSSR count). The zero-order chi connectivity index (χ0) is 32.0. The second-order valence-electron chi connectivity index (χ2n) is 12.5. The molecule has 5 atom stereocenters. The van der Waals surface area contributed by atoms with Gasteiger partial charge in [-0.1, -0.05) is 44.2 Å². The number of hydrazine groups is 1. The fraction of sp³-hybridized carbons (Fsp3) is 0.545. The van der Waals surface area contributed by atoms with Crippen molar-refractivity contribution in [3.8, 4) is 0 Å². The number of nitrogens with one attached hydrogen (secondary N) is 3. The van der Waals surface area contributed by atoms with Crippen LogP contribution in [0.5, 0.6) is 0 Å². The van der Waals surface area contributed by atoms with Gasteiger partial charge in [0.05, 0.1) is 23.4 Å². The number of ether oxygens (including phenoxy) is 1. The number of allylic oxidation sites excluding steroid dienone is 1. The van der Waals surface area contributed by atoms with Crippen LogP contribution in [-0.2, 0) is 23.9 Å². The number of aliphatic hydroxyl groups excluding tert-OH is 1. The van der Waals surface area contributed by atoms with Gasteiger partial charge in [-0.2, -0.15) is 0 Å². The molecule has 0 saturated carbocycles. The fourth-order valence-corrected chi connectivity index (χ4v) is 5.48. The quantitative estimate of drug-likeness (QED) is 0.361. The van der Waals surface area contributed by atoms with Gasteiger partial charge in [0.2, 0.25) is 5.91 Å². The first-order valence-electron chi connectivity index (χ1n) is 15.5. The number of aromatic nitrogens is 1. The van der Waals surface area contributed by atoms with Crippen LogP contribution in [0.15, 0.2) is 36.4 Å². The van der Waals surface area contributed by atoms with Crippen molar-refractivity contribution in [1.29, 1.82) is 0 Å². The molecule has 3 heterocycles. The van der Waals surface area contributed by atoms with E-state index in [1.165, 1.54) is 5.01 Å². The Kier molecular flexibility index (Phi) is 10.7. The maximum atomic E-state index is 13.5. The van der Waals surface area contributed by atoms with Crippen molar-refractivity contribution in [3.05, 3.63) is 47.7 Å². The van der Waals surface area contributed by atoms with Crippen LogP contribution in [0.3, 0.4) is 0 Å². The number of amides is 3. The van der Waals surface area contributed by atoms with Gasteiger partial charge in [-0.25, -0.2) is 5.43 Å². The third-order valence-electron chi connectivity index (χ3n) is 8.25. The molecule has 5 bridgehead atoms. The molecule has 44 heavy (non-hydrogen) atoms. The van der Waals surface area contributed by atoms with Gasteiger partial charge in [0.15, 0.2) is 6.10 Å². The van der Waals surface area contributed by atoms with Crippen LogP contribution in [0.1, 0.15) is 90.4 Å². The number of carbonyl (C=O) groups is 4. The Balaban J connectivity index is 1.59. The summed E-state index contributed by atoms with van der Waals surface area (Å²) >= 11 is 0. The molecular formula is C33H45N5O6. The van der Waals surface area contributed by atoms with E-state index in [4.69, 9.17) is 9.72 Å². The molecule has 2 aliphatic rings. The number of rotatable bonds is 1. The largest absolute Gasteiger partial charge is 0.452 e. The molecular weight excluding hydrogens is 562 g/mol. The molecule has 0 spiro atoms. The number of nitrogens with zero attached hydrogens (tertiary/aromatic N) is 2. The summed E-state index contributed by atoms with van der Waals surface area (Å²) in [4.78, 5) is 57.4. The van der Waals surface area contributed by atoms with Gasteiger partial charge in [0, 0.05) is 18.4 Å². The van der Waals surface area contributed by atoms with Crippen LogP contribution >= 0.6 is 0 Å². The number of hydrogen-bond acceptors (Lipinski definition) is 8. The minimum Gasteiger partial charge on any atom is -0.452 e. The molecule has 0 aliphatic carbocycles. The fourth-order valence-electron chi connectivity index (χ4n) is 5.48. The molecule has 4 N–H and O–H groups in total. The monoisotopic (exact) mass is 607 g/mol. The third kappa shape index (κ3) is 8.21. The van der Waals surface area contributed by atoms with E-state index in [-0.39, 0.29) is 30.7 Å². The molecule has 238 valence electrons. The van der Waals surface area contributed by atoms with Crippen molar-refractivity contribution in [3.63, 3.8) is 0 Å². The zero-order valence-corrected chi connectivity index (χ0v) is 26.3. The number of aliphatic hydroxyl groups is 1. The summed E-state index contributed by atoms with van der Waals surface area (Å²) < 4.78 is 5.49. The van der Waals surface area contributed by atoms with Gasteiger partial charge in [0.25, 0.3) is 11.8 Å². The maximum Gasteiger partial charge on any atom is 0.306 e. The van der Waals surface area contributed by atoms with Crippen LogP contribution in [0.25, 0.3) is 17.0 Å². The normalized spacial score (nSPS) is 28.4. The highest BCUT2D eigenvalue weighted by Crippen LogP contribution is 2.23. The highest BCUT2D eigenvalue weighted by Gasteiger charge is 2.41. The van der Waals surface area contributed by atoms with E-state index < -0.39 is 41.6 Å². The minimum absolute atomic E-state index is 0.0364. The van der Waals surface area contributed by atoms with Gasteiger partial charge in [-0.3, -0.25) is 29.2 Å². The van der Waals surface area contributed by atoms with Gasteiger partial charge in [-0.05, 0) is 76.5 Å². The zero-order valence-electron chi connectivity index (χ0n) is 26.3. The molecule has 0 radical (unpaired) electrons. The third-order valence-corrected chi connectivity index (χ3v) is 8.25. The second-order valence-corrected chi connectivity index (χ2v) is 12.5. The van der Waals surface area contributed by atoms with E-state index >= 15 is 0 Å². The summed E-state index contributed by atoms with van der Waals surface area (Å²) in [5.74, 6) is -2.18. The summed E-state index contributed by atoms with van der Waals surface area (Å²) in [6.45, 7) is 9.06. The summed E-state index contributed by atoms with van der Waals surface area (Å²) in [5, 5.41) is 18.5. The summed E-state index contributed by atoms with van der Waals surface area (Å²) in [6, 6.07) is 8.51. The second kappa shape index (κ2) is 14.3. The predicted octanol–water partition coefficient (Wildman–Crippen LogP) is 3.32. The molecule has 2 aliphatic heterocycles. The SMILES string of the molecule is CC1NC(=O)C(C(C)C)OC(=O)CCC(O)CCC=Cc2ccc3ccc(nc3c2)C(C)NC(=O)C2(C)CCCN(N2)C1=O. The Labute approximate surface area is 258 Å². The van der Waals surface area contributed by atoms with Gasteiger partial charge in [-0.15, -0.1) is 0 Å². The topological polar surface area (TPSA) is 150 Å². The average Bonchev–Trinajstić information content (AvgIpc) is 2.99. The van der Waals surface area contributed by atoms with Crippen molar-refractivity contribution in [2.45, 2.75) is 103 Å². The summed E-state index contributed by atoms with van der Waals surface area (Å²) in [6.07, 6.45) is 4.49. The van der Waals surface area contributed by atoms with E-state index in [9.17, 15) is 24.3 Å². The lowest BCUT2D eigenvalue weighted by Gasteiger charge is -2.41. The minimum atomic E-state index is -1.09. The molecule has 1 aromatic heterocycles. The summed E-state index contributed by atoms with van der Waals surface area (Å²) in [7, 11) is 0. The number of benzene rings is 1. The number of carbonyl (C=O) groups excluding carboxylic acids is 4. The van der Waals surface area contributed by atoms with E-state index in [1.54, 1.807) is 27.7 Å². The first-order valence-corrected chi connectivity index (χ1v) is 15.5. The number of hydrogen-bond donors (Lipinski definition) is 4. The summed E-state index contributed by atoms with van der Waals surface area (Å²) in [5.41, 5.74) is 4.49. The highest BCUT2D eigenvalue weighted by atomic mass is 16.5. The van der Waals surface area contributed by atoms with Crippen molar-refractivity contribution in [1.82, 2.24) is 26.1 Å². The Morgan fingerprint density at radius 2 is 1.80 bits per heavy atom. The smallest absolute Gasteiger partial charge is 0.306 e. The Bertz CT molecular complexity index is 1410. The van der Waals surface area contributed by atoms with Crippen molar-refractivity contribution in [2.75, 3.05) is 6.54 Å². The molecule has 3 amide bonds. The highest BCUT2D eigenvalue weighted by molar-refractivity contribution is 5.91. The van der Waals surface area contributed by atoms with Crippen LogP contribution in [0.4, 0.5) is 0 Å². The van der Waals surface area contributed by atoms with Crippen LogP contribution in [0.2, 0.25) is 0 Å². The van der Waals surface area contributed by atoms with E-state index in [1.807, 2.05) is 49.4 Å². The Morgan fingerprint density at radius 1 is 1.05 bits per heavy atom. The maximum absolute atomic E-state index is 13.5. The van der Waals surface area contributed by atoms with E-state index in [0.717, 1.165) is 16.5 Å². The number of cyclic esters (lactones) is 1. The standard InChI is InChI=1S/C33H45N5O6/c1-20(2)29-30(41)34-22(4)31(42)38-18-8-17-33(5,37-38)32(43)35-21(3)26-15-13-24-12-11-23(19-27(24)36-26)9-6-7-10-25(39)14-16-28(40)44-29/h6,9,11-13,15,19-22,25,29,37,39H,7-8,10,14,16-18H2,1-5H3,(H,34,41)(H,35,43). The lowest BCUT2D eigenvalue weighted by Crippen LogP contribution is -2.67. The molecule has 11 nitrogen and oxygen atoms in total. The molecule has 5 unspecified atom stereocenters. The molecule has 1 aromatic carbocycles. The van der Waals surface area contributed by atoms with E-state index in [0.29, 0.717) is 37.9 Å². The van der Waals surface area contributed by atoms with Gasteiger partial charge < -0.3 is 20.5 Å². The molecule has 2 aromatic rings. The Hall–Kier alpha value is -3.83. The number of pyridine rings is 1. The lowest BCUT2D eigenvalue weighted by atomic mass is 9.92. The Morgan fingerprint density at radius 3 is 2.55 bits per heavy atom. The number of fused-ring (bicyclic) bond motifs is 4. The van der Waals surface area contributed by atoms with Crippen LogP contribution < -0.4 is 16.1 Å². The van der Waals surface area contributed by atoms with Gasteiger partial charge >= 0.3 is 5.97 Å². The number of esters is 1. The molecule has 11 heteroatoms. The van der Waals surface area contributed by atoms with Crippen molar-refractivity contribution >= 4 is 40.7 Å². The molecule has 1 saturated heterocycles. The first kappa shape index (κ1) is 33.1.